The molecule has 1 aromatic heterocycles. The predicted molar refractivity (Wildman–Crippen MR) is 138 cm³/mol. The SMILES string of the molecule is C=CCOc1ccc(C2C(C(=O)c3cccs3)=C(O)C(=O)N2CCCN(CC)CC)cc1OCC. The Hall–Kier alpha value is -3.10. The molecule has 0 radical (unpaired) electrons. The molecule has 0 fully saturated rings. The van der Waals surface area contributed by atoms with Gasteiger partial charge in [-0.3, -0.25) is 9.59 Å². The first-order chi connectivity index (χ1) is 17.0. The van der Waals surface area contributed by atoms with Crippen molar-refractivity contribution in [3.63, 3.8) is 0 Å². The van der Waals surface area contributed by atoms with E-state index in [9.17, 15) is 14.7 Å². The molecule has 0 spiro atoms. The second kappa shape index (κ2) is 12.6. The Morgan fingerprint density at radius 1 is 1.20 bits per heavy atom. The number of carbonyl (C=O) groups is 2. The number of rotatable bonds is 14. The van der Waals surface area contributed by atoms with Crippen LogP contribution in [0, 0.1) is 0 Å². The van der Waals surface area contributed by atoms with Crippen molar-refractivity contribution in [3.8, 4) is 11.5 Å². The molecule has 188 valence electrons. The maximum absolute atomic E-state index is 13.4. The molecule has 1 aliphatic rings. The summed E-state index contributed by atoms with van der Waals surface area (Å²) in [5.74, 6) is -0.295. The summed E-state index contributed by atoms with van der Waals surface area (Å²) in [6.45, 7) is 13.6. The number of nitrogens with zero attached hydrogens (tertiary/aromatic N) is 2. The Balaban J connectivity index is 2.01. The summed E-state index contributed by atoms with van der Waals surface area (Å²) in [5.41, 5.74) is 0.780. The fourth-order valence-corrected chi connectivity index (χ4v) is 4.92. The highest BCUT2D eigenvalue weighted by atomic mass is 32.1. The molecule has 1 aliphatic heterocycles. The van der Waals surface area contributed by atoms with Gasteiger partial charge in [-0.25, -0.2) is 0 Å². The zero-order valence-corrected chi connectivity index (χ0v) is 21.5. The Morgan fingerprint density at radius 3 is 2.60 bits per heavy atom. The molecule has 1 unspecified atom stereocenters. The number of ketones is 1. The van der Waals surface area contributed by atoms with Gasteiger partial charge >= 0.3 is 0 Å². The number of amides is 1. The smallest absolute Gasteiger partial charge is 0.290 e. The highest BCUT2D eigenvalue weighted by molar-refractivity contribution is 7.12. The van der Waals surface area contributed by atoms with Gasteiger partial charge in [0.1, 0.15) is 6.61 Å². The zero-order valence-electron chi connectivity index (χ0n) is 20.7. The average molecular weight is 499 g/mol. The van der Waals surface area contributed by atoms with Crippen molar-refractivity contribution in [1.82, 2.24) is 9.80 Å². The van der Waals surface area contributed by atoms with Gasteiger partial charge in [-0.2, -0.15) is 0 Å². The lowest BCUT2D eigenvalue weighted by Crippen LogP contribution is -2.34. The molecule has 1 amide bonds. The molecule has 2 aromatic rings. The first-order valence-electron chi connectivity index (χ1n) is 12.0. The van der Waals surface area contributed by atoms with Crippen LogP contribution in [0.25, 0.3) is 0 Å². The third-order valence-electron chi connectivity index (χ3n) is 6.00. The van der Waals surface area contributed by atoms with Crippen molar-refractivity contribution >= 4 is 23.0 Å². The van der Waals surface area contributed by atoms with Crippen LogP contribution in [0.2, 0.25) is 0 Å². The van der Waals surface area contributed by atoms with Crippen molar-refractivity contribution < 1.29 is 24.2 Å². The van der Waals surface area contributed by atoms with Gasteiger partial charge in [0.05, 0.1) is 23.1 Å². The Labute approximate surface area is 211 Å². The van der Waals surface area contributed by atoms with Crippen LogP contribution in [0.5, 0.6) is 11.5 Å². The van der Waals surface area contributed by atoms with Gasteiger partial charge in [0.25, 0.3) is 5.91 Å². The van der Waals surface area contributed by atoms with E-state index in [1.54, 1.807) is 40.6 Å². The molecule has 0 aliphatic carbocycles. The van der Waals surface area contributed by atoms with E-state index in [2.05, 4.69) is 25.3 Å². The molecule has 1 N–H and O–H groups in total. The predicted octanol–water partition coefficient (Wildman–Crippen LogP) is 5.02. The van der Waals surface area contributed by atoms with E-state index in [0.717, 1.165) is 26.1 Å². The van der Waals surface area contributed by atoms with E-state index >= 15 is 0 Å². The van der Waals surface area contributed by atoms with E-state index in [1.165, 1.54) is 11.3 Å². The van der Waals surface area contributed by atoms with Crippen LogP contribution in [0.15, 0.2) is 59.7 Å². The number of benzene rings is 1. The highest BCUT2D eigenvalue weighted by Gasteiger charge is 2.44. The van der Waals surface area contributed by atoms with Gasteiger partial charge in [-0.1, -0.05) is 38.6 Å². The van der Waals surface area contributed by atoms with Crippen LogP contribution in [-0.4, -0.2) is 66.0 Å². The van der Waals surface area contributed by atoms with Crippen LogP contribution in [-0.2, 0) is 4.79 Å². The largest absolute Gasteiger partial charge is 0.503 e. The lowest BCUT2D eigenvalue weighted by Gasteiger charge is -2.28. The normalized spacial score (nSPS) is 15.7. The van der Waals surface area contributed by atoms with Gasteiger partial charge in [0, 0.05) is 6.54 Å². The molecule has 1 aromatic carbocycles. The zero-order chi connectivity index (χ0) is 25.4. The topological polar surface area (TPSA) is 79.3 Å². The Kier molecular flexibility index (Phi) is 9.51. The second-order valence-electron chi connectivity index (χ2n) is 8.09. The van der Waals surface area contributed by atoms with Crippen molar-refractivity contribution in [2.24, 2.45) is 0 Å². The van der Waals surface area contributed by atoms with Crippen molar-refractivity contribution in [3.05, 3.63) is 70.1 Å². The Bertz CT molecular complexity index is 1060. The molecule has 2 heterocycles. The standard InChI is InChI=1S/C27H34N2O5S/c1-5-16-34-20-13-12-19(18-21(20)33-8-4)24-23(25(30)22-11-9-17-35-22)26(31)27(32)29(24)15-10-14-28(6-2)7-3/h5,9,11-13,17-18,24,31H,1,6-8,10,14-16H2,2-4H3. The first kappa shape index (κ1) is 26.5. The molecule has 0 saturated carbocycles. The summed E-state index contributed by atoms with van der Waals surface area (Å²) in [6, 6.07) is 8.14. The van der Waals surface area contributed by atoms with E-state index in [4.69, 9.17) is 9.47 Å². The number of ether oxygens (including phenoxy) is 2. The van der Waals surface area contributed by atoms with Gasteiger partial charge in [-0.15, -0.1) is 11.3 Å². The van der Waals surface area contributed by atoms with Crippen LogP contribution in [0.4, 0.5) is 0 Å². The number of aliphatic hydroxyl groups excluding tert-OH is 1. The molecular weight excluding hydrogens is 464 g/mol. The lowest BCUT2D eigenvalue weighted by molar-refractivity contribution is -0.129. The van der Waals surface area contributed by atoms with Gasteiger partial charge < -0.3 is 24.4 Å². The third kappa shape index (κ3) is 5.94. The molecule has 0 bridgehead atoms. The molecule has 7 nitrogen and oxygen atoms in total. The summed E-state index contributed by atoms with van der Waals surface area (Å²) in [7, 11) is 0. The van der Waals surface area contributed by atoms with E-state index in [-0.39, 0.29) is 11.4 Å². The second-order valence-corrected chi connectivity index (χ2v) is 9.04. The minimum Gasteiger partial charge on any atom is -0.503 e. The summed E-state index contributed by atoms with van der Waals surface area (Å²) in [4.78, 5) is 31.0. The monoisotopic (exact) mass is 498 g/mol. The number of thiophene rings is 1. The van der Waals surface area contributed by atoms with Crippen LogP contribution in [0.3, 0.4) is 0 Å². The number of carbonyl (C=O) groups excluding carboxylic acids is 2. The number of hydrogen-bond acceptors (Lipinski definition) is 7. The number of hydrogen-bond donors (Lipinski definition) is 1. The maximum atomic E-state index is 13.4. The fourth-order valence-electron chi connectivity index (χ4n) is 4.24. The molecule has 35 heavy (non-hydrogen) atoms. The lowest BCUT2D eigenvalue weighted by atomic mass is 9.95. The Morgan fingerprint density at radius 2 is 1.97 bits per heavy atom. The molecule has 1 atom stereocenters. The van der Waals surface area contributed by atoms with Crippen molar-refractivity contribution in [1.29, 1.82) is 0 Å². The van der Waals surface area contributed by atoms with Crippen LogP contribution < -0.4 is 9.47 Å². The average Bonchev–Trinajstić information content (AvgIpc) is 3.49. The minimum absolute atomic E-state index is 0.0995. The van der Waals surface area contributed by atoms with Crippen molar-refractivity contribution in [2.45, 2.75) is 33.2 Å². The fraction of sp³-hybridized carbons (Fsp3) is 0.407. The van der Waals surface area contributed by atoms with Gasteiger partial charge in [0.15, 0.2) is 17.3 Å². The maximum Gasteiger partial charge on any atom is 0.290 e. The van der Waals surface area contributed by atoms with E-state index in [0.29, 0.717) is 41.7 Å². The van der Waals surface area contributed by atoms with Crippen molar-refractivity contribution in [2.75, 3.05) is 39.4 Å². The van der Waals surface area contributed by atoms with Gasteiger partial charge in [-0.05, 0) is 62.1 Å². The number of aliphatic hydroxyl groups is 1. The molecule has 0 saturated heterocycles. The van der Waals surface area contributed by atoms with Crippen LogP contribution >= 0.6 is 11.3 Å². The summed E-state index contributed by atoms with van der Waals surface area (Å²) < 4.78 is 11.5. The molecular formula is C27H34N2O5S. The van der Waals surface area contributed by atoms with Gasteiger partial charge in [0.2, 0.25) is 5.78 Å². The van der Waals surface area contributed by atoms with E-state index < -0.39 is 17.7 Å². The minimum atomic E-state index is -0.721. The molecule has 3 rings (SSSR count). The quantitative estimate of drug-likeness (QED) is 0.291. The summed E-state index contributed by atoms with van der Waals surface area (Å²) >= 11 is 1.28. The number of Topliss-reactive ketones (excluding diaryl/α,β-unsaturated/α-hetero) is 1. The third-order valence-corrected chi connectivity index (χ3v) is 6.87. The molecule has 8 heteroatoms. The summed E-state index contributed by atoms with van der Waals surface area (Å²) in [6.07, 6.45) is 2.37. The summed E-state index contributed by atoms with van der Waals surface area (Å²) in [5, 5.41) is 12.7. The van der Waals surface area contributed by atoms with E-state index in [1.807, 2.05) is 13.0 Å². The highest BCUT2D eigenvalue weighted by Crippen LogP contribution is 2.42. The first-order valence-corrected chi connectivity index (χ1v) is 12.9. The van der Waals surface area contributed by atoms with Crippen LogP contribution in [0.1, 0.15) is 48.5 Å².